The van der Waals surface area contributed by atoms with Gasteiger partial charge in [0.05, 0.1) is 11.5 Å². The van der Waals surface area contributed by atoms with E-state index in [4.69, 9.17) is 5.11 Å². The highest BCUT2D eigenvalue weighted by atomic mass is 79.9. The molecule has 1 saturated heterocycles. The predicted octanol–water partition coefficient (Wildman–Crippen LogP) is 2.01. The lowest BCUT2D eigenvalue weighted by Gasteiger charge is -2.34. The fourth-order valence-electron chi connectivity index (χ4n) is 2.89. The Labute approximate surface area is 158 Å². The van der Waals surface area contributed by atoms with E-state index in [9.17, 15) is 10.1 Å². The van der Waals surface area contributed by atoms with E-state index in [2.05, 4.69) is 36.1 Å². The van der Waals surface area contributed by atoms with Crippen molar-refractivity contribution >= 4 is 38.9 Å². The first-order valence-electron chi connectivity index (χ1n) is 8.18. The van der Waals surface area contributed by atoms with Crippen LogP contribution in [0.2, 0.25) is 0 Å². The van der Waals surface area contributed by atoms with Crippen LogP contribution in [0, 0.1) is 10.1 Å². The van der Waals surface area contributed by atoms with Gasteiger partial charge in [0.25, 0.3) is 0 Å². The summed E-state index contributed by atoms with van der Waals surface area (Å²) in [6.45, 7) is 3.36. The summed E-state index contributed by atoms with van der Waals surface area (Å²) in [7, 11) is 0. The number of aliphatic hydroxyl groups is 1. The Morgan fingerprint density at radius 2 is 2.04 bits per heavy atom. The van der Waals surface area contributed by atoms with E-state index in [1.54, 1.807) is 0 Å². The number of nitro groups is 1. The van der Waals surface area contributed by atoms with Crippen molar-refractivity contribution in [2.45, 2.75) is 0 Å². The summed E-state index contributed by atoms with van der Waals surface area (Å²) in [5.74, 6) is 0.474. The van der Waals surface area contributed by atoms with E-state index in [1.807, 2.05) is 29.2 Å². The van der Waals surface area contributed by atoms with Crippen LogP contribution in [0.4, 0.5) is 23.0 Å². The maximum Gasteiger partial charge on any atom is 0.353 e. The van der Waals surface area contributed by atoms with E-state index in [1.165, 1.54) is 6.33 Å². The summed E-state index contributed by atoms with van der Waals surface area (Å²) in [6.07, 6.45) is 1.34. The number of rotatable bonds is 6. The monoisotopic (exact) mass is 422 g/mol. The minimum absolute atomic E-state index is 0.106. The minimum Gasteiger partial charge on any atom is -0.395 e. The predicted molar refractivity (Wildman–Crippen MR) is 102 cm³/mol. The van der Waals surface area contributed by atoms with Crippen molar-refractivity contribution in [3.8, 4) is 0 Å². The number of aliphatic hydroxyl groups excluding tert-OH is 1. The van der Waals surface area contributed by atoms with Gasteiger partial charge in [0.2, 0.25) is 11.6 Å². The van der Waals surface area contributed by atoms with Gasteiger partial charge in [-0.1, -0.05) is 22.0 Å². The largest absolute Gasteiger partial charge is 0.395 e. The molecule has 9 nitrogen and oxygen atoms in total. The fraction of sp³-hybridized carbons (Fsp3) is 0.375. The average Bonchev–Trinajstić information content (AvgIpc) is 2.62. The quantitative estimate of drug-likeness (QED) is 0.537. The molecule has 0 radical (unpaired) electrons. The molecule has 3 rings (SSSR count). The molecule has 2 heterocycles. The molecular formula is C16H19BrN6O3. The number of piperazine rings is 1. The number of anilines is 3. The first kappa shape index (κ1) is 18.5. The maximum absolute atomic E-state index is 11.7. The van der Waals surface area contributed by atoms with Gasteiger partial charge in [0.1, 0.15) is 6.33 Å². The summed E-state index contributed by atoms with van der Waals surface area (Å²) in [5.41, 5.74) is 0.558. The van der Waals surface area contributed by atoms with Crippen LogP contribution in [0.1, 0.15) is 0 Å². The molecule has 138 valence electrons. The normalized spacial score (nSPS) is 15.1. The third kappa shape index (κ3) is 4.26. The molecule has 1 aliphatic heterocycles. The van der Waals surface area contributed by atoms with E-state index in [0.29, 0.717) is 31.1 Å². The van der Waals surface area contributed by atoms with Gasteiger partial charge in [0, 0.05) is 42.9 Å². The lowest BCUT2D eigenvalue weighted by molar-refractivity contribution is -0.383. The van der Waals surface area contributed by atoms with Crippen LogP contribution in [0.15, 0.2) is 35.1 Å². The molecule has 0 atom stereocenters. The number of hydrogen-bond acceptors (Lipinski definition) is 8. The number of nitrogens with zero attached hydrogens (tertiary/aromatic N) is 5. The van der Waals surface area contributed by atoms with Crippen LogP contribution in [-0.4, -0.2) is 64.2 Å². The lowest BCUT2D eigenvalue weighted by Crippen LogP contribution is -2.47. The molecule has 10 heteroatoms. The number of aromatic nitrogens is 2. The van der Waals surface area contributed by atoms with Crippen LogP contribution in [-0.2, 0) is 0 Å². The second-order valence-corrected chi connectivity index (χ2v) is 6.75. The first-order valence-corrected chi connectivity index (χ1v) is 8.98. The number of nitrogens with one attached hydrogen (secondary N) is 1. The van der Waals surface area contributed by atoms with Gasteiger partial charge in [-0.15, -0.1) is 0 Å². The van der Waals surface area contributed by atoms with Gasteiger partial charge in [-0.25, -0.2) is 9.97 Å². The zero-order valence-electron chi connectivity index (χ0n) is 14.0. The van der Waals surface area contributed by atoms with Crippen molar-refractivity contribution in [2.24, 2.45) is 0 Å². The van der Waals surface area contributed by atoms with Crippen LogP contribution >= 0.6 is 15.9 Å². The van der Waals surface area contributed by atoms with Crippen molar-refractivity contribution in [3.63, 3.8) is 0 Å². The zero-order chi connectivity index (χ0) is 18.5. The number of hydrogen-bond donors (Lipinski definition) is 2. The molecule has 0 unspecified atom stereocenters. The molecule has 2 aromatic rings. The van der Waals surface area contributed by atoms with Gasteiger partial charge < -0.3 is 15.3 Å². The summed E-state index contributed by atoms with van der Waals surface area (Å²) in [6, 6.07) is 7.33. The molecule has 0 spiro atoms. The highest BCUT2D eigenvalue weighted by Crippen LogP contribution is 2.34. The smallest absolute Gasteiger partial charge is 0.353 e. The van der Waals surface area contributed by atoms with Crippen molar-refractivity contribution in [3.05, 3.63) is 45.2 Å². The minimum atomic E-state index is -0.449. The van der Waals surface area contributed by atoms with Crippen molar-refractivity contribution in [2.75, 3.05) is 49.5 Å². The molecule has 0 amide bonds. The molecular weight excluding hydrogens is 404 g/mol. The zero-order valence-corrected chi connectivity index (χ0v) is 15.6. The highest BCUT2D eigenvalue weighted by molar-refractivity contribution is 9.10. The average molecular weight is 423 g/mol. The lowest BCUT2D eigenvalue weighted by atomic mass is 10.2. The Hall–Kier alpha value is -2.30. The van der Waals surface area contributed by atoms with Crippen LogP contribution in [0.25, 0.3) is 0 Å². The topological polar surface area (TPSA) is 108 Å². The van der Waals surface area contributed by atoms with Crippen LogP contribution in [0.5, 0.6) is 0 Å². The highest BCUT2D eigenvalue weighted by Gasteiger charge is 2.29. The summed E-state index contributed by atoms with van der Waals surface area (Å²) in [4.78, 5) is 23.5. The third-order valence-corrected chi connectivity index (χ3v) is 4.65. The van der Waals surface area contributed by atoms with Gasteiger partial charge in [-0.3, -0.25) is 15.0 Å². The molecule has 0 aliphatic carbocycles. The van der Waals surface area contributed by atoms with Crippen molar-refractivity contribution in [1.29, 1.82) is 0 Å². The van der Waals surface area contributed by atoms with Gasteiger partial charge in [-0.05, 0) is 18.2 Å². The molecule has 2 N–H and O–H groups in total. The standard InChI is InChI=1S/C16H19BrN6O3/c17-12-2-1-3-13(10-12)20-15-14(23(25)26)16(19-11-18-15)22-6-4-21(5-7-22)8-9-24/h1-3,10-11,24H,4-9H2,(H,18,19,20). The van der Waals surface area contributed by atoms with Crippen molar-refractivity contribution in [1.82, 2.24) is 14.9 Å². The second-order valence-electron chi connectivity index (χ2n) is 5.84. The van der Waals surface area contributed by atoms with Gasteiger partial charge in [0.15, 0.2) is 0 Å². The van der Waals surface area contributed by atoms with E-state index in [-0.39, 0.29) is 18.1 Å². The Morgan fingerprint density at radius 1 is 1.27 bits per heavy atom. The summed E-state index contributed by atoms with van der Waals surface area (Å²) < 4.78 is 0.861. The Kier molecular flexibility index (Phi) is 5.96. The van der Waals surface area contributed by atoms with E-state index < -0.39 is 4.92 Å². The van der Waals surface area contributed by atoms with Crippen LogP contribution < -0.4 is 10.2 Å². The molecule has 1 aromatic carbocycles. The molecule has 1 aromatic heterocycles. The van der Waals surface area contributed by atoms with E-state index >= 15 is 0 Å². The Morgan fingerprint density at radius 3 is 2.69 bits per heavy atom. The molecule has 1 fully saturated rings. The number of halogens is 1. The second kappa shape index (κ2) is 8.39. The molecule has 0 saturated carbocycles. The summed E-state index contributed by atoms with van der Waals surface area (Å²) >= 11 is 3.38. The SMILES string of the molecule is O=[N+]([O-])c1c(Nc2cccc(Br)c2)ncnc1N1CCN(CCO)CC1. The molecule has 0 bridgehead atoms. The summed E-state index contributed by atoms with van der Waals surface area (Å²) in [5, 5.41) is 23.8. The molecule has 26 heavy (non-hydrogen) atoms. The number of β-amino-alcohol motifs (C(OH)–C–C–N with tert-alkyl or cyclic N) is 1. The molecule has 1 aliphatic rings. The van der Waals surface area contributed by atoms with Gasteiger partial charge in [-0.2, -0.15) is 0 Å². The van der Waals surface area contributed by atoms with Crippen LogP contribution in [0.3, 0.4) is 0 Å². The Balaban J connectivity index is 1.86. The third-order valence-electron chi connectivity index (χ3n) is 4.16. The fourth-order valence-corrected chi connectivity index (χ4v) is 3.29. The van der Waals surface area contributed by atoms with E-state index in [0.717, 1.165) is 17.6 Å². The maximum atomic E-state index is 11.7. The van der Waals surface area contributed by atoms with Gasteiger partial charge >= 0.3 is 5.69 Å². The first-order chi connectivity index (χ1) is 12.6. The number of benzene rings is 1. The Bertz CT molecular complexity index is 782. The van der Waals surface area contributed by atoms with Crippen molar-refractivity contribution < 1.29 is 10.0 Å².